The van der Waals surface area contributed by atoms with Crippen LogP contribution in [0.3, 0.4) is 0 Å². The molecule has 3 aromatic rings. The molecule has 0 unspecified atom stereocenters. The number of benzene rings is 2. The number of carbonyl (C=O) groups excluding carboxylic acids is 1. The summed E-state index contributed by atoms with van der Waals surface area (Å²) in [6.07, 6.45) is 0. The number of thiazole rings is 1. The van der Waals surface area contributed by atoms with Crippen molar-refractivity contribution in [1.29, 1.82) is 0 Å². The van der Waals surface area contributed by atoms with Crippen LogP contribution in [0.1, 0.15) is 0 Å². The van der Waals surface area contributed by atoms with Crippen LogP contribution < -0.4 is 14.4 Å². The molecule has 0 saturated heterocycles. The number of amides is 1. The predicted octanol–water partition coefficient (Wildman–Crippen LogP) is 2.97. The minimum Gasteiger partial charge on any atom is -0.482 e. The first-order chi connectivity index (χ1) is 12.9. The number of aromatic nitrogens is 1. The maximum Gasteiger partial charge on any atom is 0.264 e. The van der Waals surface area contributed by atoms with Crippen molar-refractivity contribution in [3.8, 4) is 17.0 Å². The van der Waals surface area contributed by atoms with E-state index in [2.05, 4.69) is 9.71 Å². The van der Waals surface area contributed by atoms with Gasteiger partial charge < -0.3 is 9.64 Å². The number of hydrogen-bond acceptors (Lipinski definition) is 6. The molecular formula is C18H15N3O4S2. The van der Waals surface area contributed by atoms with Gasteiger partial charge in [0.15, 0.2) is 11.7 Å². The van der Waals surface area contributed by atoms with Crippen molar-refractivity contribution in [2.75, 3.05) is 23.3 Å². The minimum atomic E-state index is -3.69. The molecule has 1 N–H and O–H groups in total. The smallest absolute Gasteiger partial charge is 0.264 e. The summed E-state index contributed by atoms with van der Waals surface area (Å²) < 4.78 is 32.7. The number of rotatable bonds is 4. The molecule has 0 spiro atoms. The number of nitrogens with one attached hydrogen (secondary N) is 1. The Labute approximate surface area is 160 Å². The lowest BCUT2D eigenvalue weighted by molar-refractivity contribution is -0.120. The summed E-state index contributed by atoms with van der Waals surface area (Å²) in [4.78, 5) is 17.9. The highest BCUT2D eigenvalue weighted by molar-refractivity contribution is 7.93. The molecule has 27 heavy (non-hydrogen) atoms. The second kappa shape index (κ2) is 6.67. The van der Waals surface area contributed by atoms with Crippen LogP contribution in [0.25, 0.3) is 11.3 Å². The zero-order valence-corrected chi connectivity index (χ0v) is 15.9. The fraction of sp³-hybridized carbons (Fsp3) is 0.111. The summed E-state index contributed by atoms with van der Waals surface area (Å²) in [5, 5.41) is 2.03. The van der Waals surface area contributed by atoms with Crippen LogP contribution in [0.15, 0.2) is 58.8 Å². The van der Waals surface area contributed by atoms with E-state index in [4.69, 9.17) is 4.74 Å². The van der Waals surface area contributed by atoms with Crippen molar-refractivity contribution < 1.29 is 17.9 Å². The van der Waals surface area contributed by atoms with E-state index in [1.165, 1.54) is 28.4 Å². The lowest BCUT2D eigenvalue weighted by Gasteiger charge is -2.26. The maximum absolute atomic E-state index is 12.4. The zero-order valence-electron chi connectivity index (χ0n) is 14.2. The van der Waals surface area contributed by atoms with Gasteiger partial charge in [-0.1, -0.05) is 18.2 Å². The highest BCUT2D eigenvalue weighted by Gasteiger charge is 2.23. The Kier molecular flexibility index (Phi) is 4.33. The molecule has 1 aliphatic rings. The Morgan fingerprint density at radius 1 is 1.19 bits per heavy atom. The zero-order chi connectivity index (χ0) is 19.0. The summed E-state index contributed by atoms with van der Waals surface area (Å²) in [5.41, 5.74) is 2.03. The van der Waals surface area contributed by atoms with Gasteiger partial charge in [0.2, 0.25) is 0 Å². The summed E-state index contributed by atoms with van der Waals surface area (Å²) in [6.45, 7) is 0.0188. The van der Waals surface area contributed by atoms with E-state index >= 15 is 0 Å². The van der Waals surface area contributed by atoms with Gasteiger partial charge >= 0.3 is 0 Å². The molecule has 4 rings (SSSR count). The molecule has 7 nitrogen and oxygen atoms in total. The monoisotopic (exact) mass is 401 g/mol. The van der Waals surface area contributed by atoms with Crippen LogP contribution in [0.4, 0.5) is 10.8 Å². The normalized spacial score (nSPS) is 13.8. The first kappa shape index (κ1) is 17.5. The molecular weight excluding hydrogens is 386 g/mol. The lowest BCUT2D eigenvalue weighted by atomic mass is 10.1. The third-order valence-corrected chi connectivity index (χ3v) is 6.36. The number of anilines is 2. The minimum absolute atomic E-state index is 0.0188. The molecule has 1 aliphatic heterocycles. The van der Waals surface area contributed by atoms with Crippen molar-refractivity contribution in [2.24, 2.45) is 0 Å². The molecule has 0 bridgehead atoms. The average molecular weight is 401 g/mol. The van der Waals surface area contributed by atoms with E-state index in [0.29, 0.717) is 17.1 Å². The van der Waals surface area contributed by atoms with Gasteiger partial charge in [0.05, 0.1) is 16.3 Å². The summed E-state index contributed by atoms with van der Waals surface area (Å²) >= 11 is 1.19. The van der Waals surface area contributed by atoms with Gasteiger partial charge in [0.25, 0.3) is 15.9 Å². The molecule has 1 aromatic heterocycles. The van der Waals surface area contributed by atoms with Crippen molar-refractivity contribution in [2.45, 2.75) is 4.90 Å². The summed E-state index contributed by atoms with van der Waals surface area (Å²) in [5.74, 6) is 0.496. The van der Waals surface area contributed by atoms with Gasteiger partial charge in [-0.25, -0.2) is 13.4 Å². The van der Waals surface area contributed by atoms with Crippen LogP contribution >= 0.6 is 11.3 Å². The molecule has 9 heteroatoms. The van der Waals surface area contributed by atoms with E-state index in [1.807, 2.05) is 6.07 Å². The van der Waals surface area contributed by atoms with Crippen molar-refractivity contribution in [3.63, 3.8) is 0 Å². The fourth-order valence-electron chi connectivity index (χ4n) is 2.66. The maximum atomic E-state index is 12.4. The van der Waals surface area contributed by atoms with Crippen LogP contribution in [-0.2, 0) is 14.8 Å². The van der Waals surface area contributed by atoms with Crippen LogP contribution in [0, 0.1) is 0 Å². The SMILES string of the molecule is CN1C(=O)COc2ccc(-c3csc(NS(=O)(=O)c4ccccc4)n3)cc21. The van der Waals surface area contributed by atoms with Gasteiger partial charge in [-0.05, 0) is 30.3 Å². The highest BCUT2D eigenvalue weighted by atomic mass is 32.2. The van der Waals surface area contributed by atoms with Gasteiger partial charge in [0, 0.05) is 18.0 Å². The molecule has 2 aromatic carbocycles. The topological polar surface area (TPSA) is 88.6 Å². The number of likely N-dealkylation sites (N-methyl/N-ethyl adjacent to an activating group) is 1. The van der Waals surface area contributed by atoms with Gasteiger partial charge in [-0.15, -0.1) is 11.3 Å². The third kappa shape index (κ3) is 3.38. The first-order valence-electron chi connectivity index (χ1n) is 8.01. The molecule has 0 radical (unpaired) electrons. The van der Waals surface area contributed by atoms with Gasteiger partial charge in [-0.2, -0.15) is 0 Å². The van der Waals surface area contributed by atoms with E-state index in [9.17, 15) is 13.2 Å². The molecule has 0 aliphatic carbocycles. The standard InChI is InChI=1S/C18H15N3O4S2/c1-21-15-9-12(7-8-16(15)25-10-17(21)22)14-11-26-18(19-14)20-27(23,24)13-5-3-2-4-6-13/h2-9,11H,10H2,1H3,(H,19,20). The van der Waals surface area contributed by atoms with E-state index < -0.39 is 10.0 Å². The largest absolute Gasteiger partial charge is 0.482 e. The molecule has 2 heterocycles. The highest BCUT2D eigenvalue weighted by Crippen LogP contribution is 2.36. The Balaban J connectivity index is 1.61. The molecule has 0 atom stereocenters. The number of nitrogens with zero attached hydrogens (tertiary/aromatic N) is 2. The van der Waals surface area contributed by atoms with Crippen molar-refractivity contribution >= 4 is 38.1 Å². The molecule has 0 saturated carbocycles. The van der Waals surface area contributed by atoms with Crippen LogP contribution in [0.2, 0.25) is 0 Å². The predicted molar refractivity (Wildman–Crippen MR) is 104 cm³/mol. The fourth-order valence-corrected chi connectivity index (χ4v) is 4.65. The van der Waals surface area contributed by atoms with Crippen LogP contribution in [-0.4, -0.2) is 33.0 Å². The quantitative estimate of drug-likeness (QED) is 0.726. The van der Waals surface area contributed by atoms with Crippen molar-refractivity contribution in [3.05, 3.63) is 53.9 Å². The number of ether oxygens (including phenoxy) is 1. The third-order valence-electron chi connectivity index (χ3n) is 4.12. The molecule has 1 amide bonds. The molecule has 0 fully saturated rings. The van der Waals surface area contributed by atoms with Gasteiger partial charge in [0.1, 0.15) is 5.75 Å². The van der Waals surface area contributed by atoms with Crippen LogP contribution in [0.5, 0.6) is 5.75 Å². The van der Waals surface area contributed by atoms with E-state index in [1.54, 1.807) is 42.8 Å². The van der Waals surface area contributed by atoms with E-state index in [-0.39, 0.29) is 22.5 Å². The Hall–Kier alpha value is -2.91. The number of hydrogen-bond donors (Lipinski definition) is 1. The first-order valence-corrected chi connectivity index (χ1v) is 10.4. The molecule has 138 valence electrons. The average Bonchev–Trinajstić information content (AvgIpc) is 3.13. The summed E-state index contributed by atoms with van der Waals surface area (Å²) in [6, 6.07) is 13.5. The van der Waals surface area contributed by atoms with Crippen molar-refractivity contribution in [1.82, 2.24) is 4.98 Å². The Morgan fingerprint density at radius 3 is 2.74 bits per heavy atom. The number of fused-ring (bicyclic) bond motifs is 1. The Bertz CT molecular complexity index is 1110. The number of carbonyl (C=O) groups is 1. The van der Waals surface area contributed by atoms with E-state index in [0.717, 1.165) is 5.56 Å². The lowest BCUT2D eigenvalue weighted by Crippen LogP contribution is -2.35. The second-order valence-corrected chi connectivity index (χ2v) is 8.42. The number of sulfonamides is 1. The summed E-state index contributed by atoms with van der Waals surface area (Å²) in [7, 11) is -2.00. The second-order valence-electron chi connectivity index (χ2n) is 5.88. The Morgan fingerprint density at radius 2 is 1.96 bits per heavy atom. The van der Waals surface area contributed by atoms with Gasteiger partial charge in [-0.3, -0.25) is 9.52 Å².